The highest BCUT2D eigenvalue weighted by Crippen LogP contribution is 2.07. The van der Waals surface area contributed by atoms with E-state index in [1.165, 1.54) is 0 Å². The van der Waals surface area contributed by atoms with E-state index in [-0.39, 0.29) is 0 Å². The molecule has 0 saturated heterocycles. The number of hydrogen-bond acceptors (Lipinski definition) is 6. The number of hydrogen-bond donors (Lipinski definition) is 2. The van der Waals surface area contributed by atoms with Crippen molar-refractivity contribution in [1.82, 2.24) is 15.5 Å². The topological polar surface area (TPSA) is 104 Å². The molecule has 0 aliphatic heterocycles. The number of alkyl carbamates (subject to hydrolysis) is 2. The standard InChI is InChI=1S/C19H36N4O4/c1-18(2,3)26-16(24)21-11-7-8-13-23(15-10-20)14-9-12-22-17(25)27-19(4,5)6/h7-9,11-15H2,1-6H3,(H,21,24)(H,22,25). The van der Waals surface area contributed by atoms with Gasteiger partial charge in [-0.2, -0.15) is 5.26 Å². The van der Waals surface area contributed by atoms with Gasteiger partial charge in [0, 0.05) is 19.6 Å². The summed E-state index contributed by atoms with van der Waals surface area (Å²) in [4.78, 5) is 25.1. The Morgan fingerprint density at radius 2 is 1.30 bits per heavy atom. The highest BCUT2D eigenvalue weighted by atomic mass is 16.6. The number of carbonyl (C=O) groups excluding carboxylic acids is 2. The first kappa shape index (κ1) is 25.0. The van der Waals surface area contributed by atoms with E-state index in [9.17, 15) is 9.59 Å². The Morgan fingerprint density at radius 1 is 0.852 bits per heavy atom. The molecule has 0 rings (SSSR count). The molecule has 0 aliphatic carbocycles. The Balaban J connectivity index is 3.90. The van der Waals surface area contributed by atoms with Crippen molar-refractivity contribution in [2.45, 2.75) is 72.0 Å². The van der Waals surface area contributed by atoms with Crippen LogP contribution in [0.3, 0.4) is 0 Å². The molecule has 0 aliphatic rings. The van der Waals surface area contributed by atoms with Crippen LogP contribution in [0, 0.1) is 11.3 Å². The number of nitrogens with zero attached hydrogens (tertiary/aromatic N) is 2. The van der Waals surface area contributed by atoms with Crippen LogP contribution in [0.15, 0.2) is 0 Å². The van der Waals surface area contributed by atoms with Crippen molar-refractivity contribution >= 4 is 12.2 Å². The van der Waals surface area contributed by atoms with E-state index in [4.69, 9.17) is 14.7 Å². The normalized spacial score (nSPS) is 11.6. The summed E-state index contributed by atoms with van der Waals surface area (Å²) in [6, 6.07) is 2.16. The molecule has 0 unspecified atom stereocenters. The second kappa shape index (κ2) is 12.4. The first-order valence-corrected chi connectivity index (χ1v) is 9.46. The van der Waals surface area contributed by atoms with Crippen molar-refractivity contribution in [3.8, 4) is 6.07 Å². The number of unbranched alkanes of at least 4 members (excludes halogenated alkanes) is 1. The van der Waals surface area contributed by atoms with Gasteiger partial charge in [0.2, 0.25) is 0 Å². The van der Waals surface area contributed by atoms with E-state index in [1.54, 1.807) is 0 Å². The molecule has 0 aromatic heterocycles. The monoisotopic (exact) mass is 384 g/mol. The van der Waals surface area contributed by atoms with Crippen molar-refractivity contribution < 1.29 is 19.1 Å². The van der Waals surface area contributed by atoms with Crippen LogP contribution in [-0.2, 0) is 9.47 Å². The third kappa shape index (κ3) is 17.2. The Hall–Kier alpha value is -2.01. The maximum atomic E-state index is 11.6. The van der Waals surface area contributed by atoms with Crippen LogP contribution in [0.25, 0.3) is 0 Å². The van der Waals surface area contributed by atoms with Gasteiger partial charge in [-0.25, -0.2) is 9.59 Å². The highest BCUT2D eigenvalue weighted by Gasteiger charge is 2.16. The van der Waals surface area contributed by atoms with Crippen LogP contribution >= 0.6 is 0 Å². The molecule has 8 nitrogen and oxygen atoms in total. The summed E-state index contributed by atoms with van der Waals surface area (Å²) in [6.45, 7) is 13.8. The quantitative estimate of drug-likeness (QED) is 0.443. The lowest BCUT2D eigenvalue weighted by molar-refractivity contribution is 0.0513. The minimum absolute atomic E-state index is 0.339. The van der Waals surface area contributed by atoms with Gasteiger partial charge in [-0.3, -0.25) is 4.90 Å². The largest absolute Gasteiger partial charge is 0.444 e. The van der Waals surface area contributed by atoms with E-state index < -0.39 is 23.4 Å². The average Bonchev–Trinajstić information content (AvgIpc) is 2.47. The van der Waals surface area contributed by atoms with Crippen LogP contribution in [0.5, 0.6) is 0 Å². The van der Waals surface area contributed by atoms with E-state index in [0.717, 1.165) is 25.8 Å². The lowest BCUT2D eigenvalue weighted by Crippen LogP contribution is -2.35. The molecular formula is C19H36N4O4. The summed E-state index contributed by atoms with van der Waals surface area (Å²) in [5, 5.41) is 14.4. The van der Waals surface area contributed by atoms with Crippen LogP contribution in [-0.4, -0.2) is 61.0 Å². The predicted octanol–water partition coefficient (Wildman–Crippen LogP) is 3.03. The molecule has 0 atom stereocenters. The third-order valence-corrected chi connectivity index (χ3v) is 3.18. The molecule has 0 fully saturated rings. The zero-order valence-electron chi connectivity index (χ0n) is 17.7. The SMILES string of the molecule is CC(C)(C)OC(=O)NCCCCN(CC#N)CCCNC(=O)OC(C)(C)C. The number of carbonyl (C=O) groups is 2. The van der Waals surface area contributed by atoms with Gasteiger partial charge < -0.3 is 20.1 Å². The smallest absolute Gasteiger partial charge is 0.407 e. The molecule has 8 heteroatoms. The summed E-state index contributed by atoms with van der Waals surface area (Å²) in [5.74, 6) is 0. The Kier molecular flexibility index (Phi) is 11.5. The van der Waals surface area contributed by atoms with Gasteiger partial charge in [0.05, 0.1) is 12.6 Å². The van der Waals surface area contributed by atoms with Crippen molar-refractivity contribution in [3.05, 3.63) is 0 Å². The second-order valence-electron chi connectivity index (χ2n) is 8.35. The first-order chi connectivity index (χ1) is 12.4. The molecule has 0 aromatic carbocycles. The summed E-state index contributed by atoms with van der Waals surface area (Å²) in [5.41, 5.74) is -1.01. The molecular weight excluding hydrogens is 348 g/mol. The van der Waals surface area contributed by atoms with Crippen LogP contribution in [0.4, 0.5) is 9.59 Å². The predicted molar refractivity (Wildman–Crippen MR) is 104 cm³/mol. The number of rotatable bonds is 10. The summed E-state index contributed by atoms with van der Waals surface area (Å²) < 4.78 is 10.3. The zero-order valence-corrected chi connectivity index (χ0v) is 17.7. The van der Waals surface area contributed by atoms with Crippen molar-refractivity contribution in [1.29, 1.82) is 5.26 Å². The minimum Gasteiger partial charge on any atom is -0.444 e. The van der Waals surface area contributed by atoms with E-state index in [2.05, 4.69) is 16.7 Å². The Morgan fingerprint density at radius 3 is 1.74 bits per heavy atom. The maximum absolute atomic E-state index is 11.6. The number of nitriles is 1. The second-order valence-corrected chi connectivity index (χ2v) is 8.35. The molecule has 0 bridgehead atoms. The van der Waals surface area contributed by atoms with Crippen molar-refractivity contribution in [2.24, 2.45) is 0 Å². The average molecular weight is 385 g/mol. The zero-order chi connectivity index (χ0) is 20.9. The summed E-state index contributed by atoms with van der Waals surface area (Å²) in [6.07, 6.45) is 1.55. The van der Waals surface area contributed by atoms with E-state index >= 15 is 0 Å². The molecule has 2 amide bonds. The minimum atomic E-state index is -0.510. The lowest BCUT2D eigenvalue weighted by atomic mass is 10.2. The van der Waals surface area contributed by atoms with Crippen LogP contribution in [0.1, 0.15) is 60.8 Å². The molecule has 0 saturated carbocycles. The molecule has 0 radical (unpaired) electrons. The van der Waals surface area contributed by atoms with Crippen molar-refractivity contribution in [3.63, 3.8) is 0 Å². The Bertz CT molecular complexity index is 489. The fourth-order valence-corrected chi connectivity index (χ4v) is 2.14. The van der Waals surface area contributed by atoms with Gasteiger partial charge in [-0.05, 0) is 67.3 Å². The Labute approximate surface area is 163 Å². The third-order valence-electron chi connectivity index (χ3n) is 3.18. The molecule has 0 spiro atoms. The number of ether oxygens (including phenoxy) is 2. The molecule has 156 valence electrons. The van der Waals surface area contributed by atoms with Gasteiger partial charge in [0.25, 0.3) is 0 Å². The molecule has 27 heavy (non-hydrogen) atoms. The fourth-order valence-electron chi connectivity index (χ4n) is 2.14. The van der Waals surface area contributed by atoms with Gasteiger partial charge >= 0.3 is 12.2 Å². The van der Waals surface area contributed by atoms with Gasteiger partial charge in [0.1, 0.15) is 11.2 Å². The van der Waals surface area contributed by atoms with Gasteiger partial charge in [0.15, 0.2) is 0 Å². The highest BCUT2D eigenvalue weighted by molar-refractivity contribution is 5.67. The number of nitrogens with one attached hydrogen (secondary N) is 2. The molecule has 0 heterocycles. The van der Waals surface area contributed by atoms with Gasteiger partial charge in [-0.15, -0.1) is 0 Å². The van der Waals surface area contributed by atoms with Crippen LogP contribution in [0.2, 0.25) is 0 Å². The summed E-state index contributed by atoms with van der Waals surface area (Å²) in [7, 11) is 0. The van der Waals surface area contributed by atoms with Gasteiger partial charge in [-0.1, -0.05) is 0 Å². The molecule has 0 aromatic rings. The fraction of sp³-hybridized carbons (Fsp3) is 0.842. The van der Waals surface area contributed by atoms with Crippen molar-refractivity contribution in [2.75, 3.05) is 32.7 Å². The summed E-state index contributed by atoms with van der Waals surface area (Å²) >= 11 is 0. The van der Waals surface area contributed by atoms with E-state index in [1.807, 2.05) is 46.4 Å². The number of amides is 2. The first-order valence-electron chi connectivity index (χ1n) is 9.46. The molecule has 2 N–H and O–H groups in total. The van der Waals surface area contributed by atoms with E-state index in [0.29, 0.717) is 26.2 Å². The maximum Gasteiger partial charge on any atom is 0.407 e. The lowest BCUT2D eigenvalue weighted by Gasteiger charge is -2.21. The van der Waals surface area contributed by atoms with Crippen LogP contribution < -0.4 is 10.6 Å².